The topological polar surface area (TPSA) is 56.5 Å². The average Bonchev–Trinajstić information content (AvgIpc) is 2.83. The molecule has 1 heterocycles. The molecule has 0 aliphatic heterocycles. The molecule has 0 spiro atoms. The number of halogens is 2. The number of ether oxygens (including phenoxy) is 1. The van der Waals surface area contributed by atoms with E-state index in [1.54, 1.807) is 12.3 Å². The zero-order chi connectivity index (χ0) is 24.1. The van der Waals surface area contributed by atoms with E-state index < -0.39 is 0 Å². The van der Waals surface area contributed by atoms with Gasteiger partial charge in [0.1, 0.15) is 18.2 Å². The van der Waals surface area contributed by atoms with Crippen molar-refractivity contribution in [3.05, 3.63) is 102 Å². The molecule has 0 N–H and O–H groups in total. The zero-order valence-corrected chi connectivity index (χ0v) is 22.8. The minimum Gasteiger partial charge on any atom is -0.488 e. The van der Waals surface area contributed by atoms with Gasteiger partial charge in [-0.25, -0.2) is 4.98 Å². The minimum atomic E-state index is -0.165. The third-order valence-corrected chi connectivity index (χ3v) is 6.76. The van der Waals surface area contributed by atoms with E-state index in [4.69, 9.17) is 9.72 Å². The van der Waals surface area contributed by atoms with E-state index in [-0.39, 0.29) is 5.56 Å². The van der Waals surface area contributed by atoms with Gasteiger partial charge in [-0.1, -0.05) is 59.1 Å². The highest BCUT2D eigenvalue weighted by molar-refractivity contribution is 14.1. The lowest BCUT2D eigenvalue weighted by atomic mass is 10.2. The molecule has 1 aromatic heterocycles. The van der Waals surface area contributed by atoms with Gasteiger partial charge >= 0.3 is 0 Å². The van der Waals surface area contributed by atoms with E-state index in [9.17, 15) is 4.79 Å². The fourth-order valence-electron chi connectivity index (χ4n) is 3.49. The van der Waals surface area contributed by atoms with E-state index in [1.165, 1.54) is 10.2 Å². The van der Waals surface area contributed by atoms with Gasteiger partial charge < -0.3 is 4.74 Å². The molecule has 0 aliphatic carbocycles. The van der Waals surface area contributed by atoms with Crippen molar-refractivity contribution >= 4 is 55.6 Å². The van der Waals surface area contributed by atoms with Crippen LogP contribution in [0.15, 0.2) is 75.0 Å². The Balaban J connectivity index is 1.59. The number of benzene rings is 3. The molecule has 0 saturated carbocycles. The van der Waals surface area contributed by atoms with Crippen LogP contribution in [-0.4, -0.2) is 15.9 Å². The van der Waals surface area contributed by atoms with Gasteiger partial charge in [-0.2, -0.15) is 9.78 Å². The van der Waals surface area contributed by atoms with Gasteiger partial charge in [-0.05, 0) is 83.5 Å². The third-order valence-electron chi connectivity index (χ3n) is 5.42. The van der Waals surface area contributed by atoms with Crippen molar-refractivity contribution in [1.29, 1.82) is 0 Å². The Morgan fingerprint density at radius 2 is 1.91 bits per heavy atom. The number of unbranched alkanes of at least 4 members (excludes halogenated alkanes) is 1. The van der Waals surface area contributed by atoms with Gasteiger partial charge in [0.05, 0.1) is 20.7 Å². The first-order chi connectivity index (χ1) is 16.4. The summed E-state index contributed by atoms with van der Waals surface area (Å²) in [5.41, 5.74) is 3.76. The number of aromatic nitrogens is 2. The van der Waals surface area contributed by atoms with Gasteiger partial charge in [0.25, 0.3) is 5.56 Å². The highest BCUT2D eigenvalue weighted by Gasteiger charge is 2.11. The Morgan fingerprint density at radius 3 is 2.65 bits per heavy atom. The van der Waals surface area contributed by atoms with Crippen molar-refractivity contribution in [2.75, 3.05) is 0 Å². The molecule has 0 fully saturated rings. The SMILES string of the molecule is CCCCc1nc2ccc(Br)cc2c(=O)n1N=Cc1ccc(OCc2ccc(C)cc2)c(I)c1. The fourth-order valence-corrected chi connectivity index (χ4v) is 4.55. The Morgan fingerprint density at radius 1 is 1.12 bits per heavy atom. The number of nitrogens with zero attached hydrogens (tertiary/aromatic N) is 3. The summed E-state index contributed by atoms with van der Waals surface area (Å²) < 4.78 is 9.25. The number of hydrogen-bond acceptors (Lipinski definition) is 4. The van der Waals surface area contributed by atoms with Gasteiger partial charge in [0.2, 0.25) is 0 Å². The lowest BCUT2D eigenvalue weighted by molar-refractivity contribution is 0.304. The number of hydrogen-bond donors (Lipinski definition) is 0. The Hall–Kier alpha value is -2.52. The zero-order valence-electron chi connectivity index (χ0n) is 19.1. The van der Waals surface area contributed by atoms with Crippen LogP contribution in [0.3, 0.4) is 0 Å². The predicted octanol–water partition coefficient (Wildman–Crippen LogP) is 6.88. The van der Waals surface area contributed by atoms with Gasteiger partial charge in [-0.3, -0.25) is 4.79 Å². The molecule has 0 radical (unpaired) electrons. The second-order valence-corrected chi connectivity index (χ2v) is 10.2. The molecule has 0 unspecified atom stereocenters. The highest BCUT2D eigenvalue weighted by atomic mass is 127. The fraction of sp³-hybridized carbons (Fsp3) is 0.222. The molecule has 174 valence electrons. The van der Waals surface area contributed by atoms with Crippen LogP contribution in [0.5, 0.6) is 5.75 Å². The van der Waals surface area contributed by atoms with Crippen molar-refractivity contribution in [2.24, 2.45) is 5.10 Å². The van der Waals surface area contributed by atoms with Crippen molar-refractivity contribution < 1.29 is 4.74 Å². The summed E-state index contributed by atoms with van der Waals surface area (Å²) >= 11 is 5.71. The van der Waals surface area contributed by atoms with Crippen LogP contribution in [-0.2, 0) is 13.0 Å². The predicted molar refractivity (Wildman–Crippen MR) is 150 cm³/mol. The summed E-state index contributed by atoms with van der Waals surface area (Å²) in [6, 6.07) is 19.8. The van der Waals surface area contributed by atoms with E-state index in [0.717, 1.165) is 37.8 Å². The number of fused-ring (bicyclic) bond motifs is 1. The first-order valence-electron chi connectivity index (χ1n) is 11.2. The molecular weight excluding hydrogens is 605 g/mol. The van der Waals surface area contributed by atoms with Gasteiger partial charge in [0.15, 0.2) is 0 Å². The van der Waals surface area contributed by atoms with E-state index in [1.807, 2.05) is 30.3 Å². The Kier molecular flexibility index (Phi) is 8.15. The van der Waals surface area contributed by atoms with Crippen molar-refractivity contribution in [3.63, 3.8) is 0 Å². The molecule has 0 saturated heterocycles. The van der Waals surface area contributed by atoms with E-state index in [0.29, 0.717) is 29.8 Å². The van der Waals surface area contributed by atoms with Crippen LogP contribution < -0.4 is 10.3 Å². The van der Waals surface area contributed by atoms with E-state index >= 15 is 0 Å². The summed E-state index contributed by atoms with van der Waals surface area (Å²) in [5.74, 6) is 1.49. The van der Waals surface area contributed by atoms with Gasteiger partial charge in [0, 0.05) is 10.9 Å². The molecule has 3 aromatic carbocycles. The normalized spacial score (nSPS) is 11.4. The molecule has 0 bridgehead atoms. The maximum atomic E-state index is 13.2. The van der Waals surface area contributed by atoms with Crippen LogP contribution in [0.1, 0.15) is 42.3 Å². The quantitative estimate of drug-likeness (QED) is 0.158. The molecule has 4 rings (SSSR count). The maximum absolute atomic E-state index is 13.2. The van der Waals surface area contributed by atoms with Crippen LogP contribution >= 0.6 is 38.5 Å². The highest BCUT2D eigenvalue weighted by Crippen LogP contribution is 2.23. The smallest absolute Gasteiger partial charge is 0.282 e. The van der Waals surface area contributed by atoms with Crippen LogP contribution in [0.2, 0.25) is 0 Å². The summed E-state index contributed by atoms with van der Waals surface area (Å²) in [5, 5.41) is 5.08. The van der Waals surface area contributed by atoms with Crippen LogP contribution in [0, 0.1) is 10.5 Å². The van der Waals surface area contributed by atoms with E-state index in [2.05, 4.69) is 81.7 Å². The summed E-state index contributed by atoms with van der Waals surface area (Å²) in [6.07, 6.45) is 4.35. The summed E-state index contributed by atoms with van der Waals surface area (Å²) in [7, 11) is 0. The molecule has 0 atom stereocenters. The molecule has 0 amide bonds. The molecule has 7 heteroatoms. The molecule has 0 aliphatic rings. The maximum Gasteiger partial charge on any atom is 0.282 e. The number of aryl methyl sites for hydroxylation is 2. The average molecular weight is 630 g/mol. The summed E-state index contributed by atoms with van der Waals surface area (Å²) in [4.78, 5) is 17.9. The van der Waals surface area contributed by atoms with Crippen molar-refractivity contribution in [3.8, 4) is 5.75 Å². The summed E-state index contributed by atoms with van der Waals surface area (Å²) in [6.45, 7) is 4.70. The van der Waals surface area contributed by atoms with Gasteiger partial charge in [-0.15, -0.1) is 0 Å². The lowest BCUT2D eigenvalue weighted by Gasteiger charge is -2.10. The largest absolute Gasteiger partial charge is 0.488 e. The van der Waals surface area contributed by atoms with Crippen molar-refractivity contribution in [2.45, 2.75) is 39.7 Å². The third kappa shape index (κ3) is 5.93. The Bertz CT molecular complexity index is 1400. The number of rotatable bonds is 8. The molecular formula is C27H25BrIN3O2. The second kappa shape index (κ2) is 11.3. The standard InChI is InChI=1S/C27H25BrIN3O2/c1-3-4-5-26-31-24-12-11-21(28)15-22(24)27(33)32(26)30-16-20-10-13-25(23(29)14-20)34-17-19-8-6-18(2)7-9-19/h6-16H,3-5,17H2,1-2H3. The molecule has 4 aromatic rings. The first kappa shape index (κ1) is 24.6. The van der Waals surface area contributed by atoms with Crippen molar-refractivity contribution in [1.82, 2.24) is 9.66 Å². The Labute approximate surface area is 221 Å². The second-order valence-electron chi connectivity index (χ2n) is 8.12. The minimum absolute atomic E-state index is 0.165. The first-order valence-corrected chi connectivity index (χ1v) is 13.0. The lowest BCUT2D eigenvalue weighted by Crippen LogP contribution is -2.22. The monoisotopic (exact) mass is 629 g/mol. The molecule has 5 nitrogen and oxygen atoms in total. The van der Waals surface area contributed by atoms with Crippen LogP contribution in [0.25, 0.3) is 10.9 Å². The molecule has 34 heavy (non-hydrogen) atoms. The van der Waals surface area contributed by atoms with Crippen LogP contribution in [0.4, 0.5) is 0 Å².